The Labute approximate surface area is 209 Å². The van der Waals surface area contributed by atoms with Gasteiger partial charge < -0.3 is 19.1 Å². The average Bonchev–Trinajstić information content (AvgIpc) is 2.78. The van der Waals surface area contributed by atoms with E-state index >= 15 is 0 Å². The maximum atomic E-state index is 14.5. The van der Waals surface area contributed by atoms with Gasteiger partial charge in [-0.2, -0.15) is 17.6 Å². The fourth-order valence-electron chi connectivity index (χ4n) is 3.36. The molecule has 0 amide bonds. The minimum Gasteiger partial charge on any atom is -0.456 e. The van der Waals surface area contributed by atoms with Crippen LogP contribution in [-0.2, 0) is 11.3 Å². The van der Waals surface area contributed by atoms with Crippen molar-refractivity contribution in [3.05, 3.63) is 83.4 Å². The Morgan fingerprint density at radius 3 is 1.97 bits per heavy atom. The van der Waals surface area contributed by atoms with E-state index < -0.39 is 54.5 Å². The third kappa shape index (κ3) is 7.55. The van der Waals surface area contributed by atoms with Crippen LogP contribution in [0, 0.1) is 11.6 Å². The predicted octanol–water partition coefficient (Wildman–Crippen LogP) is 7.46. The van der Waals surface area contributed by atoms with Crippen LogP contribution in [0.3, 0.4) is 0 Å². The molecule has 3 aromatic carbocycles. The summed E-state index contributed by atoms with van der Waals surface area (Å²) < 4.78 is 94.6. The van der Waals surface area contributed by atoms with Crippen LogP contribution in [0.15, 0.2) is 60.7 Å². The number of halogens is 6. The van der Waals surface area contributed by atoms with Gasteiger partial charge >= 0.3 is 19.2 Å². The van der Waals surface area contributed by atoms with Gasteiger partial charge in [0.2, 0.25) is 0 Å². The summed E-state index contributed by atoms with van der Waals surface area (Å²) in [6.07, 6.45) is 0. The second-order valence-corrected chi connectivity index (χ2v) is 8.73. The van der Waals surface area contributed by atoms with Crippen LogP contribution in [0.25, 0.3) is 0 Å². The van der Waals surface area contributed by atoms with E-state index in [1.165, 1.54) is 41.3 Å². The Kier molecular flexibility index (Phi) is 8.57. The lowest BCUT2D eigenvalue weighted by molar-refractivity contribution is -0.0692. The maximum Gasteiger partial charge on any atom is 0.387 e. The Bertz CT molecular complexity index is 1230. The molecule has 5 nitrogen and oxygen atoms in total. The number of rotatable bonds is 9. The third-order valence-corrected chi connectivity index (χ3v) is 4.84. The zero-order valence-electron chi connectivity index (χ0n) is 20.0. The standard InChI is InChI=1S/C26H23F6NO4/c1-26(2,3)37-23(34)15-6-4-7-16(12-15)33(14-18-19(27)8-5-9-20(18)28)17-10-11-21(35-24(29)30)22(13-17)36-25(31)32/h4-13,24-25H,14H2,1-3H3. The Morgan fingerprint density at radius 1 is 0.811 bits per heavy atom. The number of benzene rings is 3. The summed E-state index contributed by atoms with van der Waals surface area (Å²) in [5.41, 5.74) is -0.814. The van der Waals surface area contributed by atoms with Gasteiger partial charge in [-0.05, 0) is 63.2 Å². The molecule has 0 unspecified atom stereocenters. The first-order valence-electron chi connectivity index (χ1n) is 10.9. The van der Waals surface area contributed by atoms with Gasteiger partial charge in [-0.1, -0.05) is 12.1 Å². The van der Waals surface area contributed by atoms with Crippen molar-refractivity contribution >= 4 is 17.3 Å². The first-order chi connectivity index (χ1) is 17.3. The summed E-state index contributed by atoms with van der Waals surface area (Å²) in [7, 11) is 0. The van der Waals surface area contributed by atoms with Gasteiger partial charge in [-0.15, -0.1) is 0 Å². The van der Waals surface area contributed by atoms with Gasteiger partial charge in [0.1, 0.15) is 17.2 Å². The molecule has 11 heteroatoms. The monoisotopic (exact) mass is 527 g/mol. The van der Waals surface area contributed by atoms with E-state index in [0.717, 1.165) is 24.3 Å². The second kappa shape index (κ2) is 11.4. The molecule has 198 valence electrons. The largest absolute Gasteiger partial charge is 0.456 e. The van der Waals surface area contributed by atoms with E-state index in [1.807, 2.05) is 0 Å². The molecule has 0 radical (unpaired) electrons. The van der Waals surface area contributed by atoms with Gasteiger partial charge in [0.25, 0.3) is 0 Å². The van der Waals surface area contributed by atoms with E-state index in [-0.39, 0.29) is 22.5 Å². The zero-order chi connectivity index (χ0) is 27.3. The fraction of sp³-hybridized carbons (Fsp3) is 0.269. The van der Waals surface area contributed by atoms with Crippen molar-refractivity contribution in [1.29, 1.82) is 0 Å². The Morgan fingerprint density at radius 2 is 1.38 bits per heavy atom. The van der Waals surface area contributed by atoms with Crippen LogP contribution in [0.2, 0.25) is 0 Å². The highest BCUT2D eigenvalue weighted by atomic mass is 19.3. The van der Waals surface area contributed by atoms with Crippen LogP contribution >= 0.6 is 0 Å². The molecule has 0 atom stereocenters. The molecule has 0 N–H and O–H groups in total. The number of carbonyl (C=O) groups is 1. The summed E-state index contributed by atoms with van der Waals surface area (Å²) >= 11 is 0. The smallest absolute Gasteiger partial charge is 0.387 e. The molecule has 0 heterocycles. The number of esters is 1. The topological polar surface area (TPSA) is 48.0 Å². The molecule has 0 saturated heterocycles. The molecular formula is C26H23F6NO4. The molecule has 37 heavy (non-hydrogen) atoms. The maximum absolute atomic E-state index is 14.5. The van der Waals surface area contributed by atoms with Crippen LogP contribution < -0.4 is 14.4 Å². The molecule has 0 bridgehead atoms. The number of carbonyl (C=O) groups excluding carboxylic acids is 1. The highest BCUT2D eigenvalue weighted by Gasteiger charge is 2.23. The summed E-state index contributed by atoms with van der Waals surface area (Å²) in [4.78, 5) is 13.9. The number of hydrogen-bond acceptors (Lipinski definition) is 5. The van der Waals surface area contributed by atoms with E-state index in [9.17, 15) is 31.1 Å². The molecule has 0 fully saturated rings. The van der Waals surface area contributed by atoms with E-state index in [0.29, 0.717) is 0 Å². The van der Waals surface area contributed by atoms with Crippen molar-refractivity contribution in [2.75, 3.05) is 4.90 Å². The first kappa shape index (κ1) is 27.7. The van der Waals surface area contributed by atoms with Gasteiger partial charge in [0.15, 0.2) is 11.5 Å². The van der Waals surface area contributed by atoms with Crippen molar-refractivity contribution in [3.63, 3.8) is 0 Å². The minimum atomic E-state index is -3.37. The van der Waals surface area contributed by atoms with E-state index in [2.05, 4.69) is 9.47 Å². The van der Waals surface area contributed by atoms with E-state index in [1.54, 1.807) is 20.8 Å². The quantitative estimate of drug-likeness (QED) is 0.214. The van der Waals surface area contributed by atoms with Gasteiger partial charge in [0.05, 0.1) is 12.1 Å². The van der Waals surface area contributed by atoms with Crippen LogP contribution in [-0.4, -0.2) is 24.8 Å². The number of alkyl halides is 4. The lowest BCUT2D eigenvalue weighted by atomic mass is 10.1. The van der Waals surface area contributed by atoms with Crippen LogP contribution in [0.5, 0.6) is 11.5 Å². The number of nitrogens with zero attached hydrogens (tertiary/aromatic N) is 1. The van der Waals surface area contributed by atoms with Crippen LogP contribution in [0.1, 0.15) is 36.7 Å². The predicted molar refractivity (Wildman–Crippen MR) is 124 cm³/mol. The molecule has 3 aromatic rings. The Hall–Kier alpha value is -3.89. The molecule has 0 aliphatic rings. The summed E-state index contributed by atoms with van der Waals surface area (Å²) in [6, 6.07) is 12.2. The zero-order valence-corrected chi connectivity index (χ0v) is 20.0. The molecule has 0 aliphatic heterocycles. The molecule has 0 saturated carbocycles. The van der Waals surface area contributed by atoms with Gasteiger partial charge in [-0.3, -0.25) is 0 Å². The number of ether oxygens (including phenoxy) is 3. The summed E-state index contributed by atoms with van der Waals surface area (Å²) in [5, 5.41) is 0. The number of hydrogen-bond donors (Lipinski definition) is 0. The Balaban J connectivity index is 2.13. The molecular weight excluding hydrogens is 504 g/mol. The molecule has 0 spiro atoms. The van der Waals surface area contributed by atoms with E-state index in [4.69, 9.17) is 4.74 Å². The van der Waals surface area contributed by atoms with Crippen molar-refractivity contribution in [3.8, 4) is 11.5 Å². The van der Waals surface area contributed by atoms with Gasteiger partial charge in [-0.25, -0.2) is 13.6 Å². The normalized spacial score (nSPS) is 11.5. The summed E-state index contributed by atoms with van der Waals surface area (Å²) in [5.74, 6) is -3.83. The van der Waals surface area contributed by atoms with Crippen molar-refractivity contribution in [2.45, 2.75) is 46.1 Å². The fourth-order valence-corrected chi connectivity index (χ4v) is 3.36. The lowest BCUT2D eigenvalue weighted by Crippen LogP contribution is -2.24. The van der Waals surface area contributed by atoms with Crippen LogP contribution in [0.4, 0.5) is 37.7 Å². The minimum absolute atomic E-state index is 0.0289. The number of anilines is 2. The second-order valence-electron chi connectivity index (χ2n) is 8.73. The lowest BCUT2D eigenvalue weighted by Gasteiger charge is -2.27. The van der Waals surface area contributed by atoms with Gasteiger partial charge in [0, 0.05) is 23.0 Å². The molecule has 0 aliphatic carbocycles. The first-order valence-corrected chi connectivity index (χ1v) is 10.9. The highest BCUT2D eigenvalue weighted by molar-refractivity contribution is 5.91. The van der Waals surface area contributed by atoms with Crippen molar-refractivity contribution < 1.29 is 45.3 Å². The average molecular weight is 527 g/mol. The molecule has 3 rings (SSSR count). The SMILES string of the molecule is CC(C)(C)OC(=O)c1cccc(N(Cc2c(F)cccc2F)c2ccc(OC(F)F)c(OC(F)F)c2)c1. The third-order valence-electron chi connectivity index (χ3n) is 4.84. The molecule has 0 aromatic heterocycles. The van der Waals surface area contributed by atoms with Crippen molar-refractivity contribution in [2.24, 2.45) is 0 Å². The van der Waals surface area contributed by atoms with Crippen molar-refractivity contribution in [1.82, 2.24) is 0 Å². The highest BCUT2D eigenvalue weighted by Crippen LogP contribution is 2.38. The summed E-state index contributed by atoms with van der Waals surface area (Å²) in [6.45, 7) is -2.12.